The number of halogens is 2. The van der Waals surface area contributed by atoms with Gasteiger partial charge in [0.1, 0.15) is 11.9 Å². The van der Waals surface area contributed by atoms with Gasteiger partial charge in [-0.25, -0.2) is 4.39 Å². The number of amides is 2. The van der Waals surface area contributed by atoms with E-state index in [1.807, 2.05) is 18.7 Å². The fourth-order valence-electron chi connectivity index (χ4n) is 4.00. The quantitative estimate of drug-likeness (QED) is 0.821. The van der Waals surface area contributed by atoms with Gasteiger partial charge in [0.15, 0.2) is 0 Å². The van der Waals surface area contributed by atoms with Gasteiger partial charge in [0.25, 0.3) is 5.91 Å². The van der Waals surface area contributed by atoms with Crippen LogP contribution in [0.25, 0.3) is 0 Å². The maximum Gasteiger partial charge on any atom is 0.254 e. The molecule has 2 aliphatic heterocycles. The first-order valence-corrected chi connectivity index (χ1v) is 9.47. The summed E-state index contributed by atoms with van der Waals surface area (Å²) in [7, 11) is 0. The highest BCUT2D eigenvalue weighted by atomic mass is 35.5. The van der Waals surface area contributed by atoms with Crippen molar-refractivity contribution in [3.05, 3.63) is 35.6 Å². The van der Waals surface area contributed by atoms with E-state index in [1.165, 1.54) is 18.6 Å². The number of likely N-dealkylation sites (tertiary alicyclic amines) is 1. The predicted molar refractivity (Wildman–Crippen MR) is 105 cm³/mol. The number of nitrogens with zero attached hydrogens (tertiary/aromatic N) is 1. The van der Waals surface area contributed by atoms with Crippen LogP contribution < -0.4 is 10.6 Å². The number of hydrogen-bond donors (Lipinski definition) is 2. The average molecular weight is 398 g/mol. The van der Waals surface area contributed by atoms with Crippen molar-refractivity contribution in [3.8, 4) is 0 Å². The summed E-state index contributed by atoms with van der Waals surface area (Å²) in [5.74, 6) is -1.25. The van der Waals surface area contributed by atoms with Crippen molar-refractivity contribution in [2.75, 3.05) is 26.2 Å². The molecule has 27 heavy (non-hydrogen) atoms. The van der Waals surface area contributed by atoms with Gasteiger partial charge in [-0.05, 0) is 49.3 Å². The van der Waals surface area contributed by atoms with Crippen molar-refractivity contribution in [1.82, 2.24) is 15.5 Å². The van der Waals surface area contributed by atoms with Crippen LogP contribution in [-0.2, 0) is 4.79 Å². The fourth-order valence-corrected chi connectivity index (χ4v) is 4.00. The monoisotopic (exact) mass is 397 g/mol. The lowest BCUT2D eigenvalue weighted by Crippen LogP contribution is -2.54. The van der Waals surface area contributed by atoms with E-state index in [1.54, 1.807) is 12.1 Å². The molecule has 1 aromatic rings. The lowest BCUT2D eigenvalue weighted by molar-refractivity contribution is -0.136. The molecular weight excluding hydrogens is 369 g/mol. The fraction of sp³-hybridized carbons (Fsp3) is 0.600. The van der Waals surface area contributed by atoms with E-state index in [0.717, 1.165) is 39.0 Å². The second-order valence-electron chi connectivity index (χ2n) is 7.93. The molecule has 2 N–H and O–H groups in total. The zero-order valence-corrected chi connectivity index (χ0v) is 16.8. The molecule has 1 spiro atoms. The number of carbonyl (C=O) groups is 2. The first kappa shape index (κ1) is 21.6. The lowest BCUT2D eigenvalue weighted by Gasteiger charge is -2.40. The lowest BCUT2D eigenvalue weighted by atomic mass is 9.77. The number of hydrogen-bond acceptors (Lipinski definition) is 3. The second-order valence-corrected chi connectivity index (χ2v) is 7.93. The summed E-state index contributed by atoms with van der Waals surface area (Å²) in [6.07, 6.45) is 3.17. The Morgan fingerprint density at radius 2 is 1.85 bits per heavy atom. The van der Waals surface area contributed by atoms with Crippen LogP contribution in [0.1, 0.15) is 43.5 Å². The smallest absolute Gasteiger partial charge is 0.254 e. The van der Waals surface area contributed by atoms with E-state index in [4.69, 9.17) is 0 Å². The largest absolute Gasteiger partial charge is 0.341 e. The molecule has 0 saturated carbocycles. The number of carbonyl (C=O) groups excluding carboxylic acids is 2. The average Bonchev–Trinajstić information content (AvgIpc) is 3.07. The molecule has 1 aromatic carbocycles. The summed E-state index contributed by atoms with van der Waals surface area (Å²) in [4.78, 5) is 27.3. The van der Waals surface area contributed by atoms with Gasteiger partial charge in [-0.15, -0.1) is 12.4 Å². The molecule has 0 aromatic heterocycles. The van der Waals surface area contributed by atoms with Crippen LogP contribution >= 0.6 is 12.4 Å². The molecule has 1 unspecified atom stereocenters. The minimum absolute atomic E-state index is 0. The zero-order valence-electron chi connectivity index (χ0n) is 16.0. The Hall–Kier alpha value is -1.66. The van der Waals surface area contributed by atoms with E-state index >= 15 is 0 Å². The molecular formula is C20H29ClFN3O2. The molecule has 3 rings (SSSR count). The number of nitrogens with one attached hydrogen (secondary N) is 2. The Morgan fingerprint density at radius 1 is 1.19 bits per heavy atom. The molecule has 7 heteroatoms. The highest BCUT2D eigenvalue weighted by Crippen LogP contribution is 2.37. The molecule has 2 amide bonds. The van der Waals surface area contributed by atoms with Crippen LogP contribution in [0.2, 0.25) is 0 Å². The first-order valence-electron chi connectivity index (χ1n) is 9.47. The summed E-state index contributed by atoms with van der Waals surface area (Å²) >= 11 is 0. The van der Waals surface area contributed by atoms with Crippen molar-refractivity contribution in [2.24, 2.45) is 11.3 Å². The third-order valence-corrected chi connectivity index (χ3v) is 5.81. The molecule has 0 radical (unpaired) electrons. The minimum Gasteiger partial charge on any atom is -0.341 e. The van der Waals surface area contributed by atoms with Crippen molar-refractivity contribution in [3.63, 3.8) is 0 Å². The number of benzene rings is 1. The zero-order chi connectivity index (χ0) is 18.7. The Balaban J connectivity index is 0.00000261. The van der Waals surface area contributed by atoms with Gasteiger partial charge in [-0.3, -0.25) is 9.59 Å². The van der Waals surface area contributed by atoms with Gasteiger partial charge in [-0.1, -0.05) is 26.0 Å². The molecule has 0 aliphatic carbocycles. The summed E-state index contributed by atoms with van der Waals surface area (Å²) in [6, 6.07) is 5.20. The Labute approximate surface area is 166 Å². The van der Waals surface area contributed by atoms with Crippen LogP contribution in [0.3, 0.4) is 0 Å². The molecule has 2 heterocycles. The van der Waals surface area contributed by atoms with E-state index in [9.17, 15) is 14.0 Å². The molecule has 1 atom stereocenters. The topological polar surface area (TPSA) is 61.4 Å². The van der Waals surface area contributed by atoms with Crippen LogP contribution in [-0.4, -0.2) is 48.9 Å². The van der Waals surface area contributed by atoms with Crippen LogP contribution in [0, 0.1) is 17.2 Å². The first-order chi connectivity index (χ1) is 12.4. The second kappa shape index (κ2) is 9.02. The molecule has 2 saturated heterocycles. The van der Waals surface area contributed by atoms with Gasteiger partial charge in [-0.2, -0.15) is 0 Å². The molecule has 5 nitrogen and oxygen atoms in total. The van der Waals surface area contributed by atoms with Gasteiger partial charge in [0.2, 0.25) is 5.91 Å². The summed E-state index contributed by atoms with van der Waals surface area (Å²) < 4.78 is 13.9. The van der Waals surface area contributed by atoms with Gasteiger partial charge in [0.05, 0.1) is 5.56 Å². The molecule has 150 valence electrons. The number of piperidine rings is 1. The Morgan fingerprint density at radius 3 is 2.41 bits per heavy atom. The Kier molecular flexibility index (Phi) is 7.23. The van der Waals surface area contributed by atoms with Gasteiger partial charge < -0.3 is 15.5 Å². The number of rotatable bonds is 4. The standard InChI is InChI=1S/C20H28FN3O2.ClH/c1-14(2)17(23-18(25)15-5-3-4-6-16(15)21)19(26)24-11-8-20(9-12-24)7-10-22-13-20;/h3-6,14,17,22H,7-13H2,1-2H3,(H,23,25);1H. The third-order valence-electron chi connectivity index (χ3n) is 5.81. The van der Waals surface area contributed by atoms with Crippen molar-refractivity contribution in [2.45, 2.75) is 39.2 Å². The summed E-state index contributed by atoms with van der Waals surface area (Å²) in [6.45, 7) is 7.33. The van der Waals surface area contributed by atoms with Crippen LogP contribution in [0.4, 0.5) is 4.39 Å². The SMILES string of the molecule is CC(C)C(NC(=O)c1ccccc1F)C(=O)N1CCC2(CCNC2)CC1.Cl. The highest BCUT2D eigenvalue weighted by Gasteiger charge is 2.39. The van der Waals surface area contributed by atoms with Gasteiger partial charge in [0, 0.05) is 19.6 Å². The van der Waals surface area contributed by atoms with Crippen molar-refractivity contribution >= 4 is 24.2 Å². The highest BCUT2D eigenvalue weighted by molar-refractivity contribution is 5.97. The summed E-state index contributed by atoms with van der Waals surface area (Å²) in [5, 5.41) is 6.17. The normalized spacial score (nSPS) is 19.6. The van der Waals surface area contributed by atoms with Crippen LogP contribution in [0.5, 0.6) is 0 Å². The van der Waals surface area contributed by atoms with Crippen molar-refractivity contribution in [1.29, 1.82) is 0 Å². The van der Waals surface area contributed by atoms with E-state index < -0.39 is 17.8 Å². The maximum atomic E-state index is 13.9. The molecule has 2 aliphatic rings. The summed E-state index contributed by atoms with van der Waals surface area (Å²) in [5.41, 5.74) is 0.307. The molecule has 2 fully saturated rings. The van der Waals surface area contributed by atoms with Gasteiger partial charge >= 0.3 is 0 Å². The van der Waals surface area contributed by atoms with E-state index in [-0.39, 0.29) is 29.8 Å². The third kappa shape index (κ3) is 4.79. The van der Waals surface area contributed by atoms with Crippen molar-refractivity contribution < 1.29 is 14.0 Å². The molecule has 0 bridgehead atoms. The van der Waals surface area contributed by atoms with E-state index in [0.29, 0.717) is 5.41 Å². The van der Waals surface area contributed by atoms with Crippen LogP contribution in [0.15, 0.2) is 24.3 Å². The Bertz CT molecular complexity index is 667. The van der Waals surface area contributed by atoms with E-state index in [2.05, 4.69) is 10.6 Å². The minimum atomic E-state index is -0.641. The predicted octanol–water partition coefficient (Wildman–Crippen LogP) is 2.60. The maximum absolute atomic E-state index is 13.9.